The van der Waals surface area contributed by atoms with Crippen LogP contribution in [0.4, 0.5) is 5.13 Å². The molecule has 0 saturated heterocycles. The Morgan fingerprint density at radius 2 is 2.15 bits per heavy atom. The van der Waals surface area contributed by atoms with Gasteiger partial charge in [-0.3, -0.25) is 0 Å². The van der Waals surface area contributed by atoms with Gasteiger partial charge in [0.1, 0.15) is 0 Å². The average Bonchev–Trinajstić information content (AvgIpc) is 2.55. The molecule has 0 amide bonds. The second-order valence-corrected chi connectivity index (χ2v) is 2.85. The zero-order chi connectivity index (χ0) is 10.3. The van der Waals surface area contributed by atoms with Crippen molar-refractivity contribution < 1.29 is 0 Å². The van der Waals surface area contributed by atoms with E-state index < -0.39 is 0 Å². The molecule has 0 aliphatic rings. The Bertz CT molecular complexity index is 263. The van der Waals surface area contributed by atoms with Crippen LogP contribution in [-0.2, 0) is 6.42 Å². The van der Waals surface area contributed by atoms with Gasteiger partial charge in [-0.1, -0.05) is 20.8 Å². The highest BCUT2D eigenvalue weighted by molar-refractivity contribution is 7.13. The van der Waals surface area contributed by atoms with Crippen LogP contribution in [0.25, 0.3) is 0 Å². The van der Waals surface area contributed by atoms with Gasteiger partial charge in [0.2, 0.25) is 5.13 Å². The van der Waals surface area contributed by atoms with Crippen molar-refractivity contribution in [1.29, 1.82) is 0 Å². The van der Waals surface area contributed by atoms with Gasteiger partial charge in [0.15, 0.2) is 5.96 Å². The number of aliphatic imine (C=N–C) groups is 1. The quantitative estimate of drug-likeness (QED) is 0.562. The Balaban J connectivity index is 0.000000671. The van der Waals surface area contributed by atoms with E-state index in [0.29, 0.717) is 5.13 Å². The van der Waals surface area contributed by atoms with Crippen LogP contribution in [0.3, 0.4) is 0 Å². The summed E-state index contributed by atoms with van der Waals surface area (Å²) in [6.07, 6.45) is 0.913. The predicted molar refractivity (Wildman–Crippen MR) is 58.3 cm³/mol. The highest BCUT2D eigenvalue weighted by atomic mass is 32.1. The van der Waals surface area contributed by atoms with Crippen molar-refractivity contribution in [1.82, 2.24) is 4.98 Å². The number of guanidine groups is 1. The zero-order valence-corrected chi connectivity index (χ0v) is 9.06. The van der Waals surface area contributed by atoms with Crippen molar-refractivity contribution in [3.63, 3.8) is 0 Å². The molecule has 0 aromatic carbocycles. The van der Waals surface area contributed by atoms with Crippen LogP contribution in [-0.4, -0.2) is 10.9 Å². The molecule has 0 atom stereocenters. The van der Waals surface area contributed by atoms with E-state index in [-0.39, 0.29) is 5.96 Å². The van der Waals surface area contributed by atoms with Gasteiger partial charge in [0, 0.05) is 5.38 Å². The molecule has 4 nitrogen and oxygen atoms in total. The first-order valence-electron chi connectivity index (χ1n) is 4.26. The zero-order valence-electron chi connectivity index (χ0n) is 8.24. The predicted octanol–water partition coefficient (Wildman–Crippen LogP) is 1.64. The molecule has 0 aliphatic carbocycles. The van der Waals surface area contributed by atoms with E-state index in [0.717, 1.165) is 12.1 Å². The minimum Gasteiger partial charge on any atom is -0.370 e. The van der Waals surface area contributed by atoms with Crippen LogP contribution in [0.2, 0.25) is 0 Å². The third-order valence-corrected chi connectivity index (χ3v) is 1.91. The van der Waals surface area contributed by atoms with E-state index in [4.69, 9.17) is 11.5 Å². The third kappa shape index (κ3) is 4.47. The summed E-state index contributed by atoms with van der Waals surface area (Å²) in [5.74, 6) is 0.0574. The largest absolute Gasteiger partial charge is 0.370 e. The molecule has 0 aliphatic heterocycles. The van der Waals surface area contributed by atoms with E-state index in [1.165, 1.54) is 11.3 Å². The van der Waals surface area contributed by atoms with Crippen molar-refractivity contribution in [3.8, 4) is 0 Å². The highest BCUT2D eigenvalue weighted by Gasteiger charge is 1.97. The Morgan fingerprint density at radius 1 is 1.54 bits per heavy atom. The first-order valence-corrected chi connectivity index (χ1v) is 5.14. The summed E-state index contributed by atoms with van der Waals surface area (Å²) in [6.45, 7) is 6.04. The third-order valence-electron chi connectivity index (χ3n) is 1.13. The van der Waals surface area contributed by atoms with Crippen molar-refractivity contribution >= 4 is 22.4 Å². The smallest absolute Gasteiger partial charge is 0.212 e. The Labute approximate surface area is 82.7 Å². The second-order valence-electron chi connectivity index (χ2n) is 2.01. The van der Waals surface area contributed by atoms with Gasteiger partial charge in [-0.15, -0.1) is 11.3 Å². The number of thiazole rings is 1. The normalized spacial score (nSPS) is 8.54. The summed E-state index contributed by atoms with van der Waals surface area (Å²) < 4.78 is 0. The van der Waals surface area contributed by atoms with Crippen molar-refractivity contribution in [2.75, 3.05) is 0 Å². The minimum atomic E-state index is 0.0574. The Morgan fingerprint density at radius 3 is 2.54 bits per heavy atom. The summed E-state index contributed by atoms with van der Waals surface area (Å²) in [5.41, 5.74) is 11.4. The summed E-state index contributed by atoms with van der Waals surface area (Å²) in [6, 6.07) is 0. The molecule has 74 valence electrons. The van der Waals surface area contributed by atoms with Crippen LogP contribution in [0.5, 0.6) is 0 Å². The summed E-state index contributed by atoms with van der Waals surface area (Å²) >= 11 is 1.44. The topological polar surface area (TPSA) is 77.3 Å². The van der Waals surface area contributed by atoms with E-state index in [1.54, 1.807) is 0 Å². The van der Waals surface area contributed by atoms with Gasteiger partial charge < -0.3 is 11.5 Å². The number of aryl methyl sites for hydroxylation is 1. The van der Waals surface area contributed by atoms with Gasteiger partial charge in [-0.2, -0.15) is 4.99 Å². The van der Waals surface area contributed by atoms with Crippen molar-refractivity contribution in [2.24, 2.45) is 16.5 Å². The fourth-order valence-corrected chi connectivity index (χ4v) is 1.41. The lowest BCUT2D eigenvalue weighted by Gasteiger charge is -1.86. The minimum absolute atomic E-state index is 0.0574. The molecule has 13 heavy (non-hydrogen) atoms. The molecule has 4 N–H and O–H groups in total. The number of nitrogens with two attached hydrogens (primary N) is 2. The van der Waals surface area contributed by atoms with E-state index in [9.17, 15) is 0 Å². The second kappa shape index (κ2) is 6.42. The molecule has 0 spiro atoms. The fraction of sp³-hybridized carbons (Fsp3) is 0.500. The Hall–Kier alpha value is -1.10. The molecule has 1 heterocycles. The maximum atomic E-state index is 5.17. The first-order chi connectivity index (χ1) is 6.22. The van der Waals surface area contributed by atoms with Gasteiger partial charge >= 0.3 is 0 Å². The lowest BCUT2D eigenvalue weighted by atomic mass is 10.4. The molecule has 1 aromatic heterocycles. The number of hydrogen-bond donors (Lipinski definition) is 2. The average molecular weight is 200 g/mol. The molecular formula is C8H16N4S. The van der Waals surface area contributed by atoms with Crippen molar-refractivity contribution in [2.45, 2.75) is 27.2 Å². The standard InChI is InChI=1S/C6H10N4S.C2H6/c1-2-4-3-11-6(9-4)10-5(7)8;1-2/h3H,2H2,1H3,(H4,7,8,9,10);1-2H3. The van der Waals surface area contributed by atoms with E-state index >= 15 is 0 Å². The maximum absolute atomic E-state index is 5.17. The van der Waals surface area contributed by atoms with Crippen LogP contribution in [0.15, 0.2) is 10.4 Å². The number of hydrogen-bond acceptors (Lipinski definition) is 3. The summed E-state index contributed by atoms with van der Waals surface area (Å²) in [4.78, 5) is 7.95. The van der Waals surface area contributed by atoms with Gasteiger partial charge in [-0.05, 0) is 6.42 Å². The number of aromatic nitrogens is 1. The lowest BCUT2D eigenvalue weighted by Crippen LogP contribution is -2.21. The maximum Gasteiger partial charge on any atom is 0.212 e. The van der Waals surface area contributed by atoms with Crippen LogP contribution < -0.4 is 11.5 Å². The van der Waals surface area contributed by atoms with Gasteiger partial charge in [0.25, 0.3) is 0 Å². The first kappa shape index (κ1) is 11.9. The highest BCUT2D eigenvalue weighted by Crippen LogP contribution is 2.18. The van der Waals surface area contributed by atoms with Crippen LogP contribution in [0, 0.1) is 0 Å². The molecule has 5 heteroatoms. The van der Waals surface area contributed by atoms with Crippen LogP contribution in [0.1, 0.15) is 26.5 Å². The molecule has 0 fully saturated rings. The molecule has 0 unspecified atom stereocenters. The summed E-state index contributed by atoms with van der Waals surface area (Å²) in [7, 11) is 0. The Kier molecular flexibility index (Phi) is 5.88. The molecule has 0 saturated carbocycles. The number of nitrogens with zero attached hydrogens (tertiary/aromatic N) is 2. The van der Waals surface area contributed by atoms with Crippen LogP contribution >= 0.6 is 11.3 Å². The SMILES string of the molecule is CC.CCc1csc(N=C(N)N)n1. The molecule has 1 aromatic rings. The fourth-order valence-electron chi connectivity index (χ4n) is 0.620. The van der Waals surface area contributed by atoms with Gasteiger partial charge in [-0.25, -0.2) is 4.98 Å². The monoisotopic (exact) mass is 200 g/mol. The van der Waals surface area contributed by atoms with E-state index in [2.05, 4.69) is 9.98 Å². The molecular weight excluding hydrogens is 184 g/mol. The lowest BCUT2D eigenvalue weighted by molar-refractivity contribution is 1.06. The molecule has 0 bridgehead atoms. The van der Waals surface area contributed by atoms with Gasteiger partial charge in [0.05, 0.1) is 5.69 Å². The molecule has 0 radical (unpaired) electrons. The molecule has 1 rings (SSSR count). The van der Waals surface area contributed by atoms with E-state index in [1.807, 2.05) is 26.2 Å². The summed E-state index contributed by atoms with van der Waals surface area (Å²) in [5, 5.41) is 2.57. The van der Waals surface area contributed by atoms with Crippen molar-refractivity contribution in [3.05, 3.63) is 11.1 Å². The number of rotatable bonds is 2.